The molecule has 0 spiro atoms. The maximum Gasteiger partial charge on any atom is 0.213 e. The maximum atomic E-state index is 6.06. The summed E-state index contributed by atoms with van der Waals surface area (Å²) >= 11 is 0. The van der Waals surface area contributed by atoms with E-state index in [0.717, 1.165) is 35.8 Å². The second-order valence-electron chi connectivity index (χ2n) is 6.52. The van der Waals surface area contributed by atoms with Crippen molar-refractivity contribution >= 4 is 0 Å². The number of nitrogens with zero attached hydrogens (tertiary/aromatic N) is 1. The van der Waals surface area contributed by atoms with Crippen molar-refractivity contribution < 1.29 is 9.47 Å². The van der Waals surface area contributed by atoms with Gasteiger partial charge in [0.2, 0.25) is 5.88 Å². The molecule has 136 valence electrons. The molecule has 0 fully saturated rings. The summed E-state index contributed by atoms with van der Waals surface area (Å²) in [7, 11) is 0. The second kappa shape index (κ2) is 10.8. The quantitative estimate of drug-likeness (QED) is 0.460. The first-order valence-corrected chi connectivity index (χ1v) is 9.55. The number of ether oxygens (including phenoxy) is 2. The summed E-state index contributed by atoms with van der Waals surface area (Å²) in [5, 5.41) is 0. The molecule has 0 saturated heterocycles. The Morgan fingerprint density at radius 3 is 2.64 bits per heavy atom. The van der Waals surface area contributed by atoms with Crippen molar-refractivity contribution in [1.82, 2.24) is 4.98 Å². The van der Waals surface area contributed by atoms with Gasteiger partial charge in [-0.3, -0.25) is 0 Å². The highest BCUT2D eigenvalue weighted by atomic mass is 16.5. The standard InChI is InChI=1S/C22H31NO2/c1-4-18(3)11-7-6-10-16-25-21-13-9-8-12-20(21)19-14-15-23-22(17-19)24-5-2/h8-9,12-15,17-18H,4-7,10-11,16H2,1-3H3. The van der Waals surface area contributed by atoms with Gasteiger partial charge in [0.1, 0.15) is 5.75 Å². The largest absolute Gasteiger partial charge is 0.493 e. The Bertz CT molecular complexity index is 627. The van der Waals surface area contributed by atoms with E-state index >= 15 is 0 Å². The van der Waals surface area contributed by atoms with Crippen molar-refractivity contribution in [1.29, 1.82) is 0 Å². The summed E-state index contributed by atoms with van der Waals surface area (Å²) in [6.45, 7) is 7.94. The topological polar surface area (TPSA) is 31.4 Å². The first-order valence-electron chi connectivity index (χ1n) is 9.55. The molecule has 3 heteroatoms. The van der Waals surface area contributed by atoms with Gasteiger partial charge in [-0.05, 0) is 37.0 Å². The first kappa shape index (κ1) is 19.3. The van der Waals surface area contributed by atoms with Crippen molar-refractivity contribution in [3.63, 3.8) is 0 Å². The van der Waals surface area contributed by atoms with Crippen molar-refractivity contribution in [2.75, 3.05) is 13.2 Å². The third kappa shape index (κ3) is 6.41. The Morgan fingerprint density at radius 2 is 1.84 bits per heavy atom. The SMILES string of the molecule is CCOc1cc(-c2ccccc2OCCCCCC(C)CC)ccn1. The molecule has 1 aromatic heterocycles. The summed E-state index contributed by atoms with van der Waals surface area (Å²) in [5.41, 5.74) is 2.16. The Morgan fingerprint density at radius 1 is 1.00 bits per heavy atom. The lowest BCUT2D eigenvalue weighted by Crippen LogP contribution is -2.00. The molecule has 2 aromatic rings. The predicted molar refractivity (Wildman–Crippen MR) is 104 cm³/mol. The molecule has 3 nitrogen and oxygen atoms in total. The Balaban J connectivity index is 1.91. The molecule has 0 aliphatic rings. The van der Waals surface area contributed by atoms with E-state index < -0.39 is 0 Å². The van der Waals surface area contributed by atoms with E-state index in [1.54, 1.807) is 6.20 Å². The van der Waals surface area contributed by atoms with Crippen LogP contribution in [0.4, 0.5) is 0 Å². The van der Waals surface area contributed by atoms with Crippen LogP contribution >= 0.6 is 0 Å². The highest BCUT2D eigenvalue weighted by Gasteiger charge is 2.07. The minimum atomic E-state index is 0.616. The predicted octanol–water partition coefficient (Wildman–Crippen LogP) is 6.13. The van der Waals surface area contributed by atoms with E-state index in [0.29, 0.717) is 12.5 Å². The molecule has 0 saturated carbocycles. The molecule has 1 aromatic carbocycles. The van der Waals surface area contributed by atoms with Gasteiger partial charge in [0.15, 0.2) is 0 Å². The molecule has 0 radical (unpaired) electrons. The van der Waals surface area contributed by atoms with Gasteiger partial charge >= 0.3 is 0 Å². The average Bonchev–Trinajstić information content (AvgIpc) is 2.65. The molecule has 1 unspecified atom stereocenters. The van der Waals surface area contributed by atoms with Crippen LogP contribution in [0.25, 0.3) is 11.1 Å². The zero-order chi connectivity index (χ0) is 17.9. The number of para-hydroxylation sites is 1. The van der Waals surface area contributed by atoms with Crippen LogP contribution in [0, 0.1) is 5.92 Å². The average molecular weight is 341 g/mol. The fraction of sp³-hybridized carbons (Fsp3) is 0.500. The van der Waals surface area contributed by atoms with Gasteiger partial charge in [-0.25, -0.2) is 4.98 Å². The lowest BCUT2D eigenvalue weighted by molar-refractivity contribution is 0.303. The monoisotopic (exact) mass is 341 g/mol. The first-order chi connectivity index (χ1) is 12.2. The molecule has 2 rings (SSSR count). The molecular formula is C22H31NO2. The zero-order valence-corrected chi connectivity index (χ0v) is 15.8. The Hall–Kier alpha value is -2.03. The van der Waals surface area contributed by atoms with Crippen molar-refractivity contribution in [3.05, 3.63) is 42.6 Å². The van der Waals surface area contributed by atoms with E-state index in [-0.39, 0.29) is 0 Å². The highest BCUT2D eigenvalue weighted by molar-refractivity contribution is 5.70. The number of hydrogen-bond donors (Lipinski definition) is 0. The van der Waals surface area contributed by atoms with Gasteiger partial charge in [-0.1, -0.05) is 57.7 Å². The van der Waals surface area contributed by atoms with Crippen molar-refractivity contribution in [3.8, 4) is 22.8 Å². The van der Waals surface area contributed by atoms with Crippen molar-refractivity contribution in [2.24, 2.45) is 5.92 Å². The Kier molecular flexibility index (Phi) is 8.30. The lowest BCUT2D eigenvalue weighted by Gasteiger charge is -2.13. The second-order valence-corrected chi connectivity index (χ2v) is 6.52. The van der Waals surface area contributed by atoms with E-state index in [1.165, 1.54) is 25.7 Å². The fourth-order valence-corrected chi connectivity index (χ4v) is 2.79. The van der Waals surface area contributed by atoms with Crippen LogP contribution in [0.1, 0.15) is 52.9 Å². The molecule has 25 heavy (non-hydrogen) atoms. The van der Waals surface area contributed by atoms with Gasteiger partial charge in [0, 0.05) is 17.8 Å². The number of unbranched alkanes of at least 4 members (excludes halogenated alkanes) is 2. The zero-order valence-electron chi connectivity index (χ0n) is 15.8. The van der Waals surface area contributed by atoms with Crippen LogP contribution in [0.15, 0.2) is 42.6 Å². The van der Waals surface area contributed by atoms with Crippen LogP contribution < -0.4 is 9.47 Å². The van der Waals surface area contributed by atoms with Crippen LogP contribution in [-0.2, 0) is 0 Å². The summed E-state index contributed by atoms with van der Waals surface area (Å²) in [6.07, 6.45) is 8.01. The molecule has 0 amide bonds. The highest BCUT2D eigenvalue weighted by Crippen LogP contribution is 2.31. The molecule has 1 heterocycles. The molecule has 0 N–H and O–H groups in total. The van der Waals surface area contributed by atoms with Crippen LogP contribution in [0.2, 0.25) is 0 Å². The number of hydrogen-bond acceptors (Lipinski definition) is 3. The Labute approximate surface area is 152 Å². The third-order valence-corrected chi connectivity index (χ3v) is 4.52. The molecule has 1 atom stereocenters. The molecular weight excluding hydrogens is 310 g/mol. The van der Waals surface area contributed by atoms with Crippen LogP contribution in [0.5, 0.6) is 11.6 Å². The van der Waals surface area contributed by atoms with E-state index in [4.69, 9.17) is 9.47 Å². The van der Waals surface area contributed by atoms with Gasteiger partial charge in [-0.2, -0.15) is 0 Å². The van der Waals surface area contributed by atoms with E-state index in [2.05, 4.69) is 24.9 Å². The number of pyridine rings is 1. The molecule has 0 bridgehead atoms. The summed E-state index contributed by atoms with van der Waals surface area (Å²) < 4.78 is 11.6. The van der Waals surface area contributed by atoms with E-state index in [1.807, 2.05) is 37.3 Å². The summed E-state index contributed by atoms with van der Waals surface area (Å²) in [4.78, 5) is 4.24. The lowest BCUT2D eigenvalue weighted by atomic mass is 10.0. The minimum Gasteiger partial charge on any atom is -0.493 e. The fourth-order valence-electron chi connectivity index (χ4n) is 2.79. The van der Waals surface area contributed by atoms with Gasteiger partial charge in [0.25, 0.3) is 0 Å². The molecule has 0 aliphatic heterocycles. The van der Waals surface area contributed by atoms with Crippen LogP contribution in [-0.4, -0.2) is 18.2 Å². The van der Waals surface area contributed by atoms with Crippen LogP contribution in [0.3, 0.4) is 0 Å². The summed E-state index contributed by atoms with van der Waals surface area (Å²) in [6, 6.07) is 12.1. The smallest absolute Gasteiger partial charge is 0.213 e. The van der Waals surface area contributed by atoms with Gasteiger partial charge in [-0.15, -0.1) is 0 Å². The number of benzene rings is 1. The van der Waals surface area contributed by atoms with E-state index in [9.17, 15) is 0 Å². The molecule has 0 aliphatic carbocycles. The minimum absolute atomic E-state index is 0.616. The number of aromatic nitrogens is 1. The van der Waals surface area contributed by atoms with Gasteiger partial charge < -0.3 is 9.47 Å². The summed E-state index contributed by atoms with van der Waals surface area (Å²) in [5.74, 6) is 2.42. The third-order valence-electron chi connectivity index (χ3n) is 4.52. The van der Waals surface area contributed by atoms with Gasteiger partial charge in [0.05, 0.1) is 13.2 Å². The van der Waals surface area contributed by atoms with Crippen molar-refractivity contribution in [2.45, 2.75) is 52.9 Å². The normalized spacial score (nSPS) is 12.0. The number of rotatable bonds is 11. The maximum absolute atomic E-state index is 6.06.